The summed E-state index contributed by atoms with van der Waals surface area (Å²) in [6.45, 7) is 6.96. The van der Waals surface area contributed by atoms with Crippen molar-refractivity contribution in [2.24, 2.45) is 0 Å². The van der Waals surface area contributed by atoms with Gasteiger partial charge in [0.1, 0.15) is 11.4 Å². The first-order chi connectivity index (χ1) is 8.69. The summed E-state index contributed by atoms with van der Waals surface area (Å²) in [5, 5.41) is 21.5. The second-order valence-electron chi connectivity index (χ2n) is 5.81. The minimum Gasteiger partial charge on any atom is -0.470 e. The molecule has 6 heteroatoms. The summed E-state index contributed by atoms with van der Waals surface area (Å²) in [5.74, 6) is 0.815. The molecule has 0 aliphatic carbocycles. The third-order valence-electron chi connectivity index (χ3n) is 2.42. The predicted octanol–water partition coefficient (Wildman–Crippen LogP) is 0.996. The van der Waals surface area contributed by atoms with Crippen LogP contribution in [0.25, 0.3) is 0 Å². The standard InChI is InChI=1S/C13H23N3O3/c1-12(2,3)19-11-9(14)5-6-10(15-11)16-13(4,7-17)8-18/h5-6,17-18H,7-8,14H2,1-4H3,(H,15,16). The molecular weight excluding hydrogens is 246 g/mol. The van der Waals surface area contributed by atoms with E-state index < -0.39 is 11.1 Å². The Hall–Kier alpha value is -1.53. The number of aliphatic hydroxyl groups excluding tert-OH is 2. The second kappa shape index (κ2) is 5.63. The summed E-state index contributed by atoms with van der Waals surface area (Å²) in [5.41, 5.74) is 5.00. The molecule has 0 saturated heterocycles. The maximum atomic E-state index is 9.25. The van der Waals surface area contributed by atoms with Crippen LogP contribution in [0.15, 0.2) is 12.1 Å². The molecule has 1 aromatic rings. The highest BCUT2D eigenvalue weighted by atomic mass is 16.5. The molecule has 108 valence electrons. The summed E-state index contributed by atoms with van der Waals surface area (Å²) in [7, 11) is 0. The monoisotopic (exact) mass is 269 g/mol. The average Bonchev–Trinajstić information content (AvgIpc) is 2.31. The van der Waals surface area contributed by atoms with Crippen LogP contribution in [0.4, 0.5) is 11.5 Å². The fourth-order valence-corrected chi connectivity index (χ4v) is 1.33. The van der Waals surface area contributed by atoms with E-state index in [2.05, 4.69) is 10.3 Å². The summed E-state index contributed by atoms with van der Waals surface area (Å²) in [6.07, 6.45) is 0. The van der Waals surface area contributed by atoms with Crippen molar-refractivity contribution in [1.82, 2.24) is 4.98 Å². The van der Waals surface area contributed by atoms with Gasteiger partial charge in [-0.3, -0.25) is 0 Å². The van der Waals surface area contributed by atoms with Crippen molar-refractivity contribution < 1.29 is 14.9 Å². The third-order valence-corrected chi connectivity index (χ3v) is 2.42. The molecule has 0 aliphatic rings. The zero-order valence-corrected chi connectivity index (χ0v) is 11.9. The first-order valence-corrected chi connectivity index (χ1v) is 6.14. The van der Waals surface area contributed by atoms with Crippen LogP contribution in [0.2, 0.25) is 0 Å². The molecule has 0 atom stereocenters. The number of nitrogens with one attached hydrogen (secondary N) is 1. The van der Waals surface area contributed by atoms with E-state index in [9.17, 15) is 10.2 Å². The smallest absolute Gasteiger partial charge is 0.239 e. The molecule has 1 heterocycles. The quantitative estimate of drug-likeness (QED) is 0.636. The Morgan fingerprint density at radius 3 is 2.26 bits per heavy atom. The first-order valence-electron chi connectivity index (χ1n) is 6.14. The van der Waals surface area contributed by atoms with Gasteiger partial charge in [0.15, 0.2) is 0 Å². The largest absolute Gasteiger partial charge is 0.470 e. The van der Waals surface area contributed by atoms with Gasteiger partial charge in [0, 0.05) is 0 Å². The van der Waals surface area contributed by atoms with Crippen molar-refractivity contribution in [2.75, 3.05) is 24.3 Å². The van der Waals surface area contributed by atoms with E-state index in [1.807, 2.05) is 20.8 Å². The van der Waals surface area contributed by atoms with E-state index in [0.717, 1.165) is 0 Å². The SMILES string of the molecule is CC(CO)(CO)Nc1ccc(N)c(OC(C)(C)C)n1. The summed E-state index contributed by atoms with van der Waals surface area (Å²) < 4.78 is 5.65. The Morgan fingerprint density at radius 1 is 1.21 bits per heavy atom. The van der Waals surface area contributed by atoms with E-state index in [-0.39, 0.29) is 13.2 Å². The molecule has 0 unspecified atom stereocenters. The molecule has 1 rings (SSSR count). The minimum absolute atomic E-state index is 0.217. The van der Waals surface area contributed by atoms with Gasteiger partial charge >= 0.3 is 0 Å². The lowest BCUT2D eigenvalue weighted by Gasteiger charge is -2.27. The Balaban J connectivity index is 2.96. The van der Waals surface area contributed by atoms with Crippen LogP contribution in [0.5, 0.6) is 5.88 Å². The van der Waals surface area contributed by atoms with Gasteiger partial charge in [-0.25, -0.2) is 0 Å². The first kappa shape index (κ1) is 15.5. The maximum absolute atomic E-state index is 9.25. The van der Waals surface area contributed by atoms with Crippen molar-refractivity contribution in [3.63, 3.8) is 0 Å². The van der Waals surface area contributed by atoms with E-state index >= 15 is 0 Å². The summed E-state index contributed by atoms with van der Waals surface area (Å²) in [4.78, 5) is 4.26. The van der Waals surface area contributed by atoms with Crippen LogP contribution in [0.3, 0.4) is 0 Å². The number of pyridine rings is 1. The van der Waals surface area contributed by atoms with Crippen LogP contribution in [0, 0.1) is 0 Å². The van der Waals surface area contributed by atoms with Gasteiger partial charge in [-0.15, -0.1) is 0 Å². The second-order valence-corrected chi connectivity index (χ2v) is 5.81. The fourth-order valence-electron chi connectivity index (χ4n) is 1.33. The Morgan fingerprint density at radius 2 is 1.79 bits per heavy atom. The highest BCUT2D eigenvalue weighted by molar-refractivity contribution is 5.54. The van der Waals surface area contributed by atoms with Crippen molar-refractivity contribution >= 4 is 11.5 Å². The zero-order chi connectivity index (χ0) is 14.7. The lowest BCUT2D eigenvalue weighted by atomic mass is 10.1. The molecule has 0 radical (unpaired) electrons. The normalized spacial score (nSPS) is 12.3. The number of rotatable bonds is 5. The van der Waals surface area contributed by atoms with Crippen molar-refractivity contribution in [2.45, 2.75) is 38.8 Å². The van der Waals surface area contributed by atoms with Crippen LogP contribution in [-0.4, -0.2) is 39.6 Å². The molecule has 0 spiro atoms. The van der Waals surface area contributed by atoms with E-state index in [1.54, 1.807) is 19.1 Å². The number of ether oxygens (including phenoxy) is 1. The van der Waals surface area contributed by atoms with Gasteiger partial charge in [-0.05, 0) is 39.8 Å². The molecule has 5 N–H and O–H groups in total. The Bertz CT molecular complexity index is 426. The Kier molecular flexibility index (Phi) is 4.60. The predicted molar refractivity (Wildman–Crippen MR) is 75.2 cm³/mol. The molecule has 1 aromatic heterocycles. The molecule has 0 saturated carbocycles. The van der Waals surface area contributed by atoms with Crippen molar-refractivity contribution in [1.29, 1.82) is 0 Å². The van der Waals surface area contributed by atoms with Crippen LogP contribution in [0.1, 0.15) is 27.7 Å². The topological polar surface area (TPSA) is 101 Å². The van der Waals surface area contributed by atoms with Crippen LogP contribution >= 0.6 is 0 Å². The number of nitrogens with zero attached hydrogens (tertiary/aromatic N) is 1. The van der Waals surface area contributed by atoms with Gasteiger partial charge in [-0.1, -0.05) is 0 Å². The molecule has 19 heavy (non-hydrogen) atoms. The summed E-state index contributed by atoms with van der Waals surface area (Å²) in [6, 6.07) is 3.35. The molecule has 0 fully saturated rings. The molecular formula is C13H23N3O3. The van der Waals surface area contributed by atoms with Crippen molar-refractivity contribution in [3.8, 4) is 5.88 Å². The molecule has 0 bridgehead atoms. The zero-order valence-electron chi connectivity index (χ0n) is 11.9. The van der Waals surface area contributed by atoms with Gasteiger partial charge in [0.2, 0.25) is 5.88 Å². The van der Waals surface area contributed by atoms with Gasteiger partial charge in [-0.2, -0.15) is 4.98 Å². The number of hydrogen-bond acceptors (Lipinski definition) is 6. The van der Waals surface area contributed by atoms with E-state index in [4.69, 9.17) is 10.5 Å². The number of aliphatic hydroxyl groups is 2. The highest BCUT2D eigenvalue weighted by Crippen LogP contribution is 2.26. The molecule has 6 nitrogen and oxygen atoms in total. The number of nitrogens with two attached hydrogens (primary N) is 1. The molecule has 0 amide bonds. The maximum Gasteiger partial charge on any atom is 0.239 e. The highest BCUT2D eigenvalue weighted by Gasteiger charge is 2.23. The summed E-state index contributed by atoms with van der Waals surface area (Å²) >= 11 is 0. The fraction of sp³-hybridized carbons (Fsp3) is 0.615. The van der Waals surface area contributed by atoms with Gasteiger partial charge < -0.3 is 26.0 Å². The van der Waals surface area contributed by atoms with Crippen LogP contribution < -0.4 is 15.8 Å². The third kappa shape index (κ3) is 4.57. The lowest BCUT2D eigenvalue weighted by molar-refractivity contribution is 0.125. The van der Waals surface area contributed by atoms with E-state index in [1.165, 1.54) is 0 Å². The molecule has 0 aliphatic heterocycles. The van der Waals surface area contributed by atoms with Gasteiger partial charge in [0.25, 0.3) is 0 Å². The molecule has 0 aromatic carbocycles. The number of aromatic nitrogens is 1. The van der Waals surface area contributed by atoms with Crippen LogP contribution in [-0.2, 0) is 0 Å². The van der Waals surface area contributed by atoms with Gasteiger partial charge in [0.05, 0.1) is 24.4 Å². The number of hydrogen-bond donors (Lipinski definition) is 4. The number of anilines is 2. The van der Waals surface area contributed by atoms with Crippen molar-refractivity contribution in [3.05, 3.63) is 12.1 Å². The average molecular weight is 269 g/mol. The lowest BCUT2D eigenvalue weighted by Crippen LogP contribution is -2.42. The Labute approximate surface area is 113 Å². The van der Waals surface area contributed by atoms with E-state index in [0.29, 0.717) is 17.4 Å². The number of nitrogen functional groups attached to an aromatic ring is 1. The minimum atomic E-state index is -0.845.